The highest BCUT2D eigenvalue weighted by atomic mass is 16.5. The van der Waals surface area contributed by atoms with Gasteiger partial charge in [-0.3, -0.25) is 9.59 Å². The number of fused-ring (bicyclic) bond motifs is 1. The number of benzene rings is 2. The van der Waals surface area contributed by atoms with E-state index in [9.17, 15) is 9.59 Å². The summed E-state index contributed by atoms with van der Waals surface area (Å²) in [4.78, 5) is 22.7. The zero-order valence-electron chi connectivity index (χ0n) is 12.8. The van der Waals surface area contributed by atoms with E-state index in [1.54, 1.807) is 12.1 Å². The van der Waals surface area contributed by atoms with Gasteiger partial charge in [0.05, 0.1) is 50.3 Å². The fourth-order valence-corrected chi connectivity index (χ4v) is 2.48. The SMILES string of the molecule is COc1cc(C=O)c(OC)c2c(OC)c(C=O)cc(OC)c12. The smallest absolute Gasteiger partial charge is 0.153 e. The molecule has 0 radical (unpaired) electrons. The van der Waals surface area contributed by atoms with Gasteiger partial charge in [-0.2, -0.15) is 0 Å². The number of rotatable bonds is 6. The minimum Gasteiger partial charge on any atom is -0.496 e. The van der Waals surface area contributed by atoms with Crippen LogP contribution in [0.1, 0.15) is 20.7 Å². The van der Waals surface area contributed by atoms with E-state index < -0.39 is 0 Å². The molecule has 0 aliphatic carbocycles. The van der Waals surface area contributed by atoms with Crippen LogP contribution in [0.25, 0.3) is 10.8 Å². The molecule has 6 heteroatoms. The predicted molar refractivity (Wildman–Crippen MR) is 80.9 cm³/mol. The van der Waals surface area contributed by atoms with Crippen LogP contribution in [0, 0.1) is 0 Å². The Labute approximate surface area is 127 Å². The summed E-state index contributed by atoms with van der Waals surface area (Å²) in [6, 6.07) is 3.10. The van der Waals surface area contributed by atoms with Gasteiger partial charge < -0.3 is 18.9 Å². The predicted octanol–water partition coefficient (Wildman–Crippen LogP) is 2.50. The molecule has 0 aliphatic heterocycles. The van der Waals surface area contributed by atoms with Gasteiger partial charge in [0.2, 0.25) is 0 Å². The van der Waals surface area contributed by atoms with Crippen LogP contribution in [0.15, 0.2) is 12.1 Å². The Morgan fingerprint density at radius 3 is 1.36 bits per heavy atom. The first kappa shape index (κ1) is 15.6. The van der Waals surface area contributed by atoms with Crippen molar-refractivity contribution in [1.29, 1.82) is 0 Å². The van der Waals surface area contributed by atoms with E-state index in [0.717, 1.165) is 0 Å². The second-order valence-corrected chi connectivity index (χ2v) is 4.39. The van der Waals surface area contributed by atoms with E-state index in [-0.39, 0.29) is 11.1 Å². The zero-order valence-corrected chi connectivity index (χ0v) is 12.8. The number of hydrogen-bond donors (Lipinski definition) is 0. The van der Waals surface area contributed by atoms with Crippen LogP contribution < -0.4 is 18.9 Å². The molecule has 0 spiro atoms. The van der Waals surface area contributed by atoms with Crippen LogP contribution in [0.3, 0.4) is 0 Å². The van der Waals surface area contributed by atoms with Gasteiger partial charge in [-0.05, 0) is 12.1 Å². The van der Waals surface area contributed by atoms with Gasteiger partial charge >= 0.3 is 0 Å². The molecule has 0 bridgehead atoms. The zero-order chi connectivity index (χ0) is 16.3. The second-order valence-electron chi connectivity index (χ2n) is 4.39. The molecule has 6 nitrogen and oxygen atoms in total. The lowest BCUT2D eigenvalue weighted by Crippen LogP contribution is -2.01. The van der Waals surface area contributed by atoms with E-state index in [1.165, 1.54) is 28.4 Å². The molecule has 0 heterocycles. The molecule has 0 fully saturated rings. The number of ether oxygens (including phenoxy) is 4. The average Bonchev–Trinajstić information content (AvgIpc) is 2.58. The van der Waals surface area contributed by atoms with Crippen LogP contribution in [-0.4, -0.2) is 41.0 Å². The maximum Gasteiger partial charge on any atom is 0.153 e. The van der Waals surface area contributed by atoms with Crippen molar-refractivity contribution in [3.8, 4) is 23.0 Å². The molecule has 2 aromatic rings. The van der Waals surface area contributed by atoms with Crippen molar-refractivity contribution in [2.24, 2.45) is 0 Å². The summed E-state index contributed by atoms with van der Waals surface area (Å²) in [5.41, 5.74) is 0.575. The van der Waals surface area contributed by atoms with Crippen LogP contribution >= 0.6 is 0 Å². The van der Waals surface area contributed by atoms with E-state index in [4.69, 9.17) is 18.9 Å². The first-order chi connectivity index (χ1) is 10.7. The molecule has 0 aromatic heterocycles. The highest BCUT2D eigenvalue weighted by molar-refractivity contribution is 6.09. The summed E-state index contributed by atoms with van der Waals surface area (Å²) < 4.78 is 21.4. The quantitative estimate of drug-likeness (QED) is 0.764. The van der Waals surface area contributed by atoms with Gasteiger partial charge in [-0.25, -0.2) is 0 Å². The fraction of sp³-hybridized carbons (Fsp3) is 0.250. The van der Waals surface area contributed by atoms with E-state index in [2.05, 4.69) is 0 Å². The summed E-state index contributed by atoms with van der Waals surface area (Å²) in [6.07, 6.45) is 1.31. The Bertz CT molecular complexity index is 677. The van der Waals surface area contributed by atoms with E-state index in [0.29, 0.717) is 46.3 Å². The third-order valence-corrected chi connectivity index (χ3v) is 3.40. The molecule has 2 aromatic carbocycles. The second kappa shape index (κ2) is 6.34. The van der Waals surface area contributed by atoms with Crippen molar-refractivity contribution < 1.29 is 28.5 Å². The van der Waals surface area contributed by atoms with Gasteiger partial charge in [-0.1, -0.05) is 0 Å². The Morgan fingerprint density at radius 1 is 0.682 bits per heavy atom. The van der Waals surface area contributed by atoms with Gasteiger partial charge in [0.15, 0.2) is 12.6 Å². The minimum atomic E-state index is 0.287. The van der Waals surface area contributed by atoms with Crippen molar-refractivity contribution >= 4 is 23.3 Å². The van der Waals surface area contributed by atoms with Gasteiger partial charge in [0.1, 0.15) is 23.0 Å². The fourth-order valence-electron chi connectivity index (χ4n) is 2.48. The number of methoxy groups -OCH3 is 4. The normalized spacial score (nSPS) is 10.2. The molecule has 2 rings (SSSR count). The highest BCUT2D eigenvalue weighted by Crippen LogP contribution is 2.47. The summed E-state index contributed by atoms with van der Waals surface area (Å²) >= 11 is 0. The van der Waals surface area contributed by atoms with Crippen molar-refractivity contribution in [2.45, 2.75) is 0 Å². The largest absolute Gasteiger partial charge is 0.496 e. The van der Waals surface area contributed by atoms with Crippen LogP contribution in [0.4, 0.5) is 0 Å². The van der Waals surface area contributed by atoms with Crippen molar-refractivity contribution in [3.05, 3.63) is 23.3 Å². The first-order valence-electron chi connectivity index (χ1n) is 6.40. The molecule has 116 valence electrons. The monoisotopic (exact) mass is 304 g/mol. The number of hydrogen-bond acceptors (Lipinski definition) is 6. The molecule has 0 saturated heterocycles. The first-order valence-corrected chi connectivity index (χ1v) is 6.40. The molecule has 0 N–H and O–H groups in total. The molecule has 0 amide bonds. The molecular formula is C16H16O6. The summed E-state index contributed by atoms with van der Waals surface area (Å²) in [6.45, 7) is 0. The third-order valence-electron chi connectivity index (χ3n) is 3.40. The van der Waals surface area contributed by atoms with Crippen LogP contribution in [0.2, 0.25) is 0 Å². The maximum atomic E-state index is 11.3. The molecule has 22 heavy (non-hydrogen) atoms. The topological polar surface area (TPSA) is 71.1 Å². The van der Waals surface area contributed by atoms with Crippen LogP contribution in [0.5, 0.6) is 23.0 Å². The maximum absolute atomic E-state index is 11.3. The van der Waals surface area contributed by atoms with E-state index >= 15 is 0 Å². The average molecular weight is 304 g/mol. The minimum absolute atomic E-state index is 0.287. The standard InChI is InChI=1S/C16H16O6/c1-19-11-5-9(7-17)15(21-3)14-13(11)12(20-2)6-10(8-18)16(14)22-4/h5-8H,1-4H3. The molecule has 0 atom stereocenters. The number of aldehydes is 2. The van der Waals surface area contributed by atoms with Crippen molar-refractivity contribution in [3.63, 3.8) is 0 Å². The lowest BCUT2D eigenvalue weighted by Gasteiger charge is -2.18. The van der Waals surface area contributed by atoms with E-state index in [1.807, 2.05) is 0 Å². The number of carbonyl (C=O) groups is 2. The van der Waals surface area contributed by atoms with Gasteiger partial charge in [0, 0.05) is 0 Å². The van der Waals surface area contributed by atoms with Gasteiger partial charge in [-0.15, -0.1) is 0 Å². The molecule has 0 saturated carbocycles. The lowest BCUT2D eigenvalue weighted by atomic mass is 9.99. The lowest BCUT2D eigenvalue weighted by molar-refractivity contribution is 0.111. The Hall–Kier alpha value is -2.76. The molecular weight excluding hydrogens is 288 g/mol. The summed E-state index contributed by atoms with van der Waals surface area (Å²) in [5.74, 6) is 1.44. The van der Waals surface area contributed by atoms with Crippen LogP contribution in [-0.2, 0) is 0 Å². The Morgan fingerprint density at radius 2 is 1.09 bits per heavy atom. The Balaban J connectivity index is 3.14. The highest BCUT2D eigenvalue weighted by Gasteiger charge is 2.23. The Kier molecular flexibility index (Phi) is 4.50. The van der Waals surface area contributed by atoms with Crippen molar-refractivity contribution in [1.82, 2.24) is 0 Å². The summed E-state index contributed by atoms with van der Waals surface area (Å²) in [7, 11) is 5.84. The molecule has 0 unspecified atom stereocenters. The summed E-state index contributed by atoms with van der Waals surface area (Å²) in [5, 5.41) is 1.02. The van der Waals surface area contributed by atoms with Gasteiger partial charge in [0.25, 0.3) is 0 Å². The third kappa shape index (κ3) is 2.22. The number of carbonyl (C=O) groups excluding carboxylic acids is 2. The van der Waals surface area contributed by atoms with Crippen molar-refractivity contribution in [2.75, 3.05) is 28.4 Å². The molecule has 0 aliphatic rings.